The summed E-state index contributed by atoms with van der Waals surface area (Å²) in [4.78, 5) is 12.8. The third-order valence-electron chi connectivity index (χ3n) is 0.778. The van der Waals surface area contributed by atoms with Gasteiger partial charge in [0.25, 0.3) is 5.97 Å². The molecule has 1 rings (SSSR count). The van der Waals surface area contributed by atoms with Gasteiger partial charge in [0.15, 0.2) is 0 Å². The molecule has 0 radical (unpaired) electrons. The van der Waals surface area contributed by atoms with Crippen molar-refractivity contribution in [1.82, 2.24) is 5.32 Å². The maximum absolute atomic E-state index is 9.33. The minimum atomic E-state index is -4.16. The number of carbonyl (C=O) groups is 1. The minimum Gasteiger partial charge on any atom is -0.481 e. The molecule has 1 aliphatic rings. The third-order valence-corrected chi connectivity index (χ3v) is 1.20. The Hall–Kier alpha value is -1.19. The van der Waals surface area contributed by atoms with Gasteiger partial charge in [-0.15, -0.1) is 0 Å². The highest BCUT2D eigenvalue weighted by Gasteiger charge is 1.94. The molecule has 1 heterocycles. The summed E-state index contributed by atoms with van der Waals surface area (Å²) in [7, 11) is -3.29. The van der Waals surface area contributed by atoms with Crippen LogP contribution >= 0.6 is 0 Å². The SMILES string of the molecule is C1=NCCN1.CC(=O)O.COS(=O)(=O)O. The Morgan fingerprint density at radius 1 is 1.60 bits per heavy atom. The smallest absolute Gasteiger partial charge is 0.397 e. The van der Waals surface area contributed by atoms with E-state index in [0.717, 1.165) is 27.1 Å². The maximum atomic E-state index is 9.33. The molecule has 15 heavy (non-hydrogen) atoms. The molecule has 0 aromatic heterocycles. The molecule has 0 aromatic rings. The van der Waals surface area contributed by atoms with Gasteiger partial charge in [0, 0.05) is 13.5 Å². The van der Waals surface area contributed by atoms with Gasteiger partial charge >= 0.3 is 10.4 Å². The average Bonchev–Trinajstić information content (AvgIpc) is 2.58. The van der Waals surface area contributed by atoms with E-state index in [-0.39, 0.29) is 0 Å². The van der Waals surface area contributed by atoms with Crippen molar-refractivity contribution in [3.05, 3.63) is 0 Å². The average molecular weight is 242 g/mol. The van der Waals surface area contributed by atoms with Gasteiger partial charge in [-0.25, -0.2) is 0 Å². The molecule has 0 atom stereocenters. The fraction of sp³-hybridized carbons (Fsp3) is 0.667. The largest absolute Gasteiger partial charge is 0.481 e. The highest BCUT2D eigenvalue weighted by atomic mass is 32.3. The molecule has 90 valence electrons. The molecule has 0 spiro atoms. The standard InChI is InChI=1S/C3H6N2.C2H4O2.CH4O4S/c1-2-5-3-4-1;1-2(3)4;1-5-6(2,3)4/h3H,1-2H2,(H,4,5);1H3,(H,3,4);1H3,(H,2,3,4). The molecule has 0 aromatic carbocycles. The molecular weight excluding hydrogens is 228 g/mol. The van der Waals surface area contributed by atoms with E-state index in [0.29, 0.717) is 0 Å². The van der Waals surface area contributed by atoms with E-state index in [4.69, 9.17) is 14.5 Å². The van der Waals surface area contributed by atoms with Crippen molar-refractivity contribution in [2.24, 2.45) is 4.99 Å². The molecule has 9 heteroatoms. The molecule has 0 aliphatic carbocycles. The van der Waals surface area contributed by atoms with Crippen molar-refractivity contribution < 1.29 is 27.1 Å². The van der Waals surface area contributed by atoms with Crippen molar-refractivity contribution >= 4 is 22.7 Å². The summed E-state index contributed by atoms with van der Waals surface area (Å²) in [5, 5.41) is 10.3. The number of rotatable bonds is 1. The highest BCUT2D eigenvalue weighted by molar-refractivity contribution is 7.80. The monoisotopic (exact) mass is 242 g/mol. The first-order valence-corrected chi connectivity index (χ1v) is 5.10. The first kappa shape index (κ1) is 16.2. The second-order valence-electron chi connectivity index (χ2n) is 2.10. The van der Waals surface area contributed by atoms with Gasteiger partial charge in [0.1, 0.15) is 0 Å². The Morgan fingerprint density at radius 3 is 2.07 bits per heavy atom. The van der Waals surface area contributed by atoms with Crippen LogP contribution in [-0.2, 0) is 19.4 Å². The summed E-state index contributed by atoms with van der Waals surface area (Å²) in [6, 6.07) is 0. The lowest BCUT2D eigenvalue weighted by Gasteiger charge is -1.82. The summed E-state index contributed by atoms with van der Waals surface area (Å²) < 4.78 is 29.7. The van der Waals surface area contributed by atoms with E-state index >= 15 is 0 Å². The van der Waals surface area contributed by atoms with Gasteiger partial charge in [-0.05, 0) is 0 Å². The second-order valence-corrected chi connectivity index (χ2v) is 3.29. The van der Waals surface area contributed by atoms with Gasteiger partial charge in [-0.2, -0.15) is 8.42 Å². The summed E-state index contributed by atoms with van der Waals surface area (Å²) in [6.07, 6.45) is 1.74. The van der Waals surface area contributed by atoms with E-state index < -0.39 is 16.4 Å². The number of nitrogens with zero attached hydrogens (tertiary/aromatic N) is 1. The fourth-order valence-electron chi connectivity index (χ4n) is 0.323. The molecule has 0 saturated heterocycles. The lowest BCUT2D eigenvalue weighted by molar-refractivity contribution is -0.134. The van der Waals surface area contributed by atoms with E-state index in [9.17, 15) is 8.42 Å². The van der Waals surface area contributed by atoms with E-state index in [2.05, 4.69) is 14.5 Å². The van der Waals surface area contributed by atoms with Gasteiger partial charge in [-0.1, -0.05) is 0 Å². The zero-order chi connectivity index (χ0) is 12.3. The molecule has 0 saturated carbocycles. The van der Waals surface area contributed by atoms with Crippen LogP contribution < -0.4 is 5.32 Å². The zero-order valence-corrected chi connectivity index (χ0v) is 9.19. The normalized spacial score (nSPS) is 12.7. The third kappa shape index (κ3) is 32.3. The summed E-state index contributed by atoms with van der Waals surface area (Å²) >= 11 is 0. The number of carboxylic acids is 1. The first-order chi connectivity index (χ1) is 6.79. The number of hydrogen-bond acceptors (Lipinski definition) is 6. The van der Waals surface area contributed by atoms with Crippen molar-refractivity contribution in [2.45, 2.75) is 6.92 Å². The lowest BCUT2D eigenvalue weighted by atomic mass is 10.7. The van der Waals surface area contributed by atoms with Gasteiger partial charge in [-0.3, -0.25) is 18.5 Å². The van der Waals surface area contributed by atoms with Crippen LogP contribution in [0.3, 0.4) is 0 Å². The molecule has 3 N–H and O–H groups in total. The van der Waals surface area contributed by atoms with Gasteiger partial charge < -0.3 is 10.4 Å². The quantitative estimate of drug-likeness (QED) is 0.511. The Bertz CT molecular complexity index is 276. The molecule has 0 fully saturated rings. The number of carboxylic acid groups (broad SMARTS) is 1. The van der Waals surface area contributed by atoms with Crippen molar-refractivity contribution in [3.63, 3.8) is 0 Å². The predicted molar refractivity (Wildman–Crippen MR) is 53.2 cm³/mol. The number of hydrogen-bond donors (Lipinski definition) is 3. The van der Waals surface area contributed by atoms with Crippen molar-refractivity contribution in [1.29, 1.82) is 0 Å². The maximum Gasteiger partial charge on any atom is 0.397 e. The second kappa shape index (κ2) is 9.37. The summed E-state index contributed by atoms with van der Waals surface area (Å²) in [5.74, 6) is -0.833. The molecular formula is C6H14N2O6S. The van der Waals surface area contributed by atoms with Crippen LogP contribution in [-0.4, -0.2) is 50.6 Å². The Balaban J connectivity index is 0. The topological polar surface area (TPSA) is 125 Å². The van der Waals surface area contributed by atoms with Crippen LogP contribution in [0.2, 0.25) is 0 Å². The van der Waals surface area contributed by atoms with Crippen LogP contribution in [0.4, 0.5) is 0 Å². The lowest BCUT2D eigenvalue weighted by Crippen LogP contribution is -2.04. The molecule has 1 aliphatic heterocycles. The predicted octanol–water partition coefficient (Wildman–Crippen LogP) is -0.856. The van der Waals surface area contributed by atoms with Gasteiger partial charge in [0.2, 0.25) is 0 Å². The first-order valence-electron chi connectivity index (χ1n) is 3.74. The van der Waals surface area contributed by atoms with Crippen LogP contribution in [0.15, 0.2) is 4.99 Å². The minimum absolute atomic E-state index is 0.833. The Morgan fingerprint density at radius 2 is 2.00 bits per heavy atom. The number of aliphatic carboxylic acids is 1. The zero-order valence-electron chi connectivity index (χ0n) is 8.37. The van der Waals surface area contributed by atoms with E-state index in [1.165, 1.54) is 0 Å². The van der Waals surface area contributed by atoms with Gasteiger partial charge in [0.05, 0.1) is 20.0 Å². The van der Waals surface area contributed by atoms with Crippen LogP contribution in [0, 0.1) is 0 Å². The van der Waals surface area contributed by atoms with Crippen LogP contribution in [0.1, 0.15) is 6.92 Å². The van der Waals surface area contributed by atoms with Crippen LogP contribution in [0.5, 0.6) is 0 Å². The molecule has 0 unspecified atom stereocenters. The molecule has 8 nitrogen and oxygen atoms in total. The Labute approximate surface area is 87.9 Å². The molecule has 0 bridgehead atoms. The fourth-order valence-corrected chi connectivity index (χ4v) is 0.323. The van der Waals surface area contributed by atoms with Crippen molar-refractivity contribution in [3.8, 4) is 0 Å². The Kier molecular flexibility index (Phi) is 10.1. The van der Waals surface area contributed by atoms with E-state index in [1.54, 1.807) is 6.34 Å². The van der Waals surface area contributed by atoms with Crippen LogP contribution in [0.25, 0.3) is 0 Å². The molecule has 0 amide bonds. The summed E-state index contributed by atoms with van der Waals surface area (Å²) in [6.45, 7) is 3.07. The summed E-state index contributed by atoms with van der Waals surface area (Å²) in [5.41, 5.74) is 0. The number of aliphatic imine (C=N–C) groups is 1. The number of nitrogens with one attached hydrogen (secondary N) is 1. The van der Waals surface area contributed by atoms with Crippen molar-refractivity contribution in [2.75, 3.05) is 20.2 Å². The van der Waals surface area contributed by atoms with E-state index in [1.807, 2.05) is 0 Å². The highest BCUT2D eigenvalue weighted by Crippen LogP contribution is 1.74.